The molecule has 2 nitrogen and oxygen atoms in total. The van der Waals surface area contributed by atoms with Gasteiger partial charge in [-0.2, -0.15) is 0 Å². The molecule has 3 heteroatoms. The van der Waals surface area contributed by atoms with Crippen molar-refractivity contribution in [1.82, 2.24) is 0 Å². The summed E-state index contributed by atoms with van der Waals surface area (Å²) in [4.78, 5) is 12.6. The van der Waals surface area contributed by atoms with Gasteiger partial charge in [-0.25, -0.2) is 0 Å². The summed E-state index contributed by atoms with van der Waals surface area (Å²) in [5, 5.41) is 3.35. The molecule has 0 aliphatic heterocycles. The number of nitrogens with two attached hydrogens (primary N) is 1. The van der Waals surface area contributed by atoms with Crippen LogP contribution < -0.4 is 5.73 Å². The van der Waals surface area contributed by atoms with Crippen LogP contribution in [0.3, 0.4) is 0 Å². The summed E-state index contributed by atoms with van der Waals surface area (Å²) in [6.45, 7) is 0.508. The minimum atomic E-state index is -0.233. The fourth-order valence-corrected chi connectivity index (χ4v) is 4.14. The Morgan fingerprint density at radius 3 is 2.74 bits per heavy atom. The smallest absolute Gasteiger partial charge is 0.144 e. The lowest BCUT2D eigenvalue weighted by Gasteiger charge is -2.25. The van der Waals surface area contributed by atoms with Gasteiger partial charge in [-0.15, -0.1) is 11.3 Å². The second-order valence-electron chi connectivity index (χ2n) is 5.55. The van der Waals surface area contributed by atoms with E-state index in [0.29, 0.717) is 18.7 Å². The number of hydrogen-bond acceptors (Lipinski definition) is 3. The molecular weight excluding hydrogens is 254 g/mol. The number of ketones is 1. The maximum Gasteiger partial charge on any atom is 0.144 e. The van der Waals surface area contributed by atoms with Crippen molar-refractivity contribution in [2.24, 2.45) is 11.1 Å². The normalized spacial score (nSPS) is 17.9. The van der Waals surface area contributed by atoms with Gasteiger partial charge in [-0.05, 0) is 35.2 Å². The van der Waals surface area contributed by atoms with Crippen LogP contribution in [0, 0.1) is 5.41 Å². The molecule has 1 aliphatic rings. The van der Waals surface area contributed by atoms with E-state index < -0.39 is 0 Å². The molecule has 100 valence electrons. The maximum absolute atomic E-state index is 12.6. The summed E-state index contributed by atoms with van der Waals surface area (Å²) in [5.74, 6) is 0.344. The van der Waals surface area contributed by atoms with Crippen molar-refractivity contribution in [3.63, 3.8) is 0 Å². The van der Waals surface area contributed by atoms with E-state index in [4.69, 9.17) is 5.73 Å². The molecule has 0 unspecified atom stereocenters. The summed E-state index contributed by atoms with van der Waals surface area (Å²) < 4.78 is 1.26. The number of fused-ring (bicyclic) bond motifs is 1. The van der Waals surface area contributed by atoms with E-state index in [1.165, 1.54) is 15.6 Å². The minimum Gasteiger partial charge on any atom is -0.329 e. The second kappa shape index (κ2) is 5.06. The molecule has 0 atom stereocenters. The van der Waals surface area contributed by atoms with Gasteiger partial charge in [0.05, 0.1) is 0 Å². The average Bonchev–Trinajstić information content (AvgIpc) is 3.07. The predicted molar refractivity (Wildman–Crippen MR) is 80.5 cm³/mol. The third-order valence-corrected chi connectivity index (χ3v) is 5.47. The maximum atomic E-state index is 12.6. The first-order chi connectivity index (χ1) is 9.25. The van der Waals surface area contributed by atoms with Gasteiger partial charge in [-0.1, -0.05) is 31.0 Å². The number of thiophene rings is 1. The third-order valence-electron chi connectivity index (χ3n) is 4.46. The molecule has 0 saturated heterocycles. The molecule has 0 radical (unpaired) electrons. The zero-order valence-electron chi connectivity index (χ0n) is 11.0. The van der Waals surface area contributed by atoms with Crippen LogP contribution >= 0.6 is 11.3 Å². The molecule has 2 aromatic rings. The standard InChI is InChI=1S/C16H19NOS/c17-11-16(7-3-4-8-16)15(18)9-12-10-19-14-6-2-1-5-13(12)14/h1-2,5-6,10H,3-4,7-9,11,17H2. The zero-order chi connectivity index (χ0) is 13.3. The Hall–Kier alpha value is -1.19. The molecule has 0 bridgehead atoms. The number of Topliss-reactive ketones (excluding diaryl/α,β-unsaturated/α-hetero) is 1. The minimum absolute atomic E-state index is 0.233. The number of carbonyl (C=O) groups is 1. The van der Waals surface area contributed by atoms with E-state index in [2.05, 4.69) is 17.5 Å². The summed E-state index contributed by atoms with van der Waals surface area (Å²) >= 11 is 1.72. The summed E-state index contributed by atoms with van der Waals surface area (Å²) in [7, 11) is 0. The van der Waals surface area contributed by atoms with Crippen LogP contribution in [-0.2, 0) is 11.2 Å². The summed E-state index contributed by atoms with van der Waals surface area (Å²) in [6.07, 6.45) is 4.79. The van der Waals surface area contributed by atoms with Crippen LogP contribution in [0.25, 0.3) is 10.1 Å². The van der Waals surface area contributed by atoms with E-state index in [-0.39, 0.29) is 5.41 Å². The Kier molecular flexibility index (Phi) is 3.42. The fourth-order valence-electron chi connectivity index (χ4n) is 3.18. The molecule has 1 saturated carbocycles. The molecule has 0 amide bonds. The highest BCUT2D eigenvalue weighted by Gasteiger charge is 2.39. The van der Waals surface area contributed by atoms with Crippen LogP contribution in [0.1, 0.15) is 31.2 Å². The SMILES string of the molecule is NCC1(C(=O)Cc2csc3ccccc23)CCCC1. The first-order valence-corrected chi connectivity index (χ1v) is 7.82. The summed E-state index contributed by atoms with van der Waals surface area (Å²) in [6, 6.07) is 8.31. The van der Waals surface area contributed by atoms with Crippen molar-refractivity contribution < 1.29 is 4.79 Å². The highest BCUT2D eigenvalue weighted by atomic mass is 32.1. The predicted octanol–water partition coefficient (Wildman–Crippen LogP) is 3.53. The Balaban J connectivity index is 1.86. The van der Waals surface area contributed by atoms with Crippen molar-refractivity contribution >= 4 is 27.2 Å². The number of hydrogen-bond donors (Lipinski definition) is 1. The van der Waals surface area contributed by atoms with Crippen LogP contribution in [0.2, 0.25) is 0 Å². The first-order valence-electron chi connectivity index (χ1n) is 6.94. The van der Waals surface area contributed by atoms with Gasteiger partial charge in [-0.3, -0.25) is 4.79 Å². The molecule has 1 aliphatic carbocycles. The molecule has 0 spiro atoms. The van der Waals surface area contributed by atoms with Crippen LogP contribution in [0.5, 0.6) is 0 Å². The van der Waals surface area contributed by atoms with Crippen LogP contribution in [-0.4, -0.2) is 12.3 Å². The van der Waals surface area contributed by atoms with Gasteiger partial charge < -0.3 is 5.73 Å². The van der Waals surface area contributed by atoms with Crippen LogP contribution in [0.15, 0.2) is 29.6 Å². The first kappa shape index (κ1) is 12.8. The molecule has 19 heavy (non-hydrogen) atoms. The molecule has 1 aromatic heterocycles. The number of rotatable bonds is 4. The van der Waals surface area contributed by atoms with E-state index >= 15 is 0 Å². The quantitative estimate of drug-likeness (QED) is 0.926. The average molecular weight is 273 g/mol. The molecule has 1 fully saturated rings. The third kappa shape index (κ3) is 2.21. The van der Waals surface area contributed by atoms with E-state index in [1.807, 2.05) is 12.1 Å². The van der Waals surface area contributed by atoms with Gasteiger partial charge >= 0.3 is 0 Å². The summed E-state index contributed by atoms with van der Waals surface area (Å²) in [5.41, 5.74) is 6.83. The van der Waals surface area contributed by atoms with Gasteiger partial charge in [0.2, 0.25) is 0 Å². The van der Waals surface area contributed by atoms with Crippen molar-refractivity contribution in [2.45, 2.75) is 32.1 Å². The molecule has 1 heterocycles. The molecule has 3 rings (SSSR count). The van der Waals surface area contributed by atoms with Gasteiger partial charge in [0.1, 0.15) is 5.78 Å². The Labute approximate surface area is 117 Å². The van der Waals surface area contributed by atoms with E-state index in [1.54, 1.807) is 11.3 Å². The van der Waals surface area contributed by atoms with E-state index in [0.717, 1.165) is 25.7 Å². The topological polar surface area (TPSA) is 43.1 Å². The number of benzene rings is 1. The Morgan fingerprint density at radius 1 is 1.26 bits per heavy atom. The molecule has 1 aromatic carbocycles. The highest BCUT2D eigenvalue weighted by Crippen LogP contribution is 2.39. The van der Waals surface area contributed by atoms with E-state index in [9.17, 15) is 4.79 Å². The lowest BCUT2D eigenvalue weighted by Crippen LogP contribution is -2.37. The zero-order valence-corrected chi connectivity index (χ0v) is 11.8. The lowest BCUT2D eigenvalue weighted by atomic mass is 9.79. The van der Waals surface area contributed by atoms with Crippen molar-refractivity contribution in [3.8, 4) is 0 Å². The monoisotopic (exact) mass is 273 g/mol. The highest BCUT2D eigenvalue weighted by molar-refractivity contribution is 7.17. The fraction of sp³-hybridized carbons (Fsp3) is 0.438. The Morgan fingerprint density at radius 2 is 2.00 bits per heavy atom. The molecule has 2 N–H and O–H groups in total. The lowest BCUT2D eigenvalue weighted by molar-refractivity contribution is -0.127. The Bertz CT molecular complexity index is 596. The van der Waals surface area contributed by atoms with Crippen LogP contribution in [0.4, 0.5) is 0 Å². The van der Waals surface area contributed by atoms with Gasteiger partial charge in [0.15, 0.2) is 0 Å². The largest absolute Gasteiger partial charge is 0.329 e. The second-order valence-corrected chi connectivity index (χ2v) is 6.46. The van der Waals surface area contributed by atoms with Crippen molar-refractivity contribution in [1.29, 1.82) is 0 Å². The van der Waals surface area contributed by atoms with Gasteiger partial charge in [0, 0.05) is 23.1 Å². The van der Waals surface area contributed by atoms with Crippen molar-refractivity contribution in [3.05, 3.63) is 35.2 Å². The van der Waals surface area contributed by atoms with Crippen molar-refractivity contribution in [2.75, 3.05) is 6.54 Å². The molecular formula is C16H19NOS. The van der Waals surface area contributed by atoms with Gasteiger partial charge in [0.25, 0.3) is 0 Å². The number of carbonyl (C=O) groups excluding carboxylic acids is 1.